The van der Waals surface area contributed by atoms with Crippen LogP contribution in [0.1, 0.15) is 37.7 Å². The number of benzene rings is 1. The van der Waals surface area contributed by atoms with E-state index in [4.69, 9.17) is 14.3 Å². The maximum atomic E-state index is 12.6. The fourth-order valence-corrected chi connectivity index (χ4v) is 3.85. The second kappa shape index (κ2) is 14.2. The number of amides is 4. The molecule has 12 heteroatoms. The molecule has 1 aliphatic heterocycles. The monoisotopic (exact) mass is 521 g/mol. The number of rotatable bonds is 13. The standard InChI is InChI=1S/C24H35N3O8Si/c1-36(2,3)16-15-33-24(32)26-19(22(30)35-27-20(28)12-13-21(27)29)11-7-8-14-25-23(31)34-17-18-9-5-4-6-10-18/h4-6,9-10,19H,7-8,11-17H2,1-3H3,(H,25,31)(H,26,32)/t19-/m1/s1. The molecule has 2 rings (SSSR count). The van der Waals surface area contributed by atoms with E-state index in [1.165, 1.54) is 0 Å². The lowest BCUT2D eigenvalue weighted by Crippen LogP contribution is -2.45. The SMILES string of the molecule is C[Si](C)(C)CCOC(=O)N[C@H](CCCCNC(=O)OCc1ccccc1)C(=O)ON1C(=O)CCC1=O. The predicted molar refractivity (Wildman–Crippen MR) is 132 cm³/mol. The van der Waals surface area contributed by atoms with Crippen LogP contribution in [-0.4, -0.2) is 62.3 Å². The highest BCUT2D eigenvalue weighted by molar-refractivity contribution is 6.76. The molecule has 198 valence electrons. The Bertz CT molecular complexity index is 904. The van der Waals surface area contributed by atoms with E-state index in [0.29, 0.717) is 24.4 Å². The number of hydroxylamine groups is 2. The van der Waals surface area contributed by atoms with Crippen molar-refractivity contribution in [1.82, 2.24) is 15.7 Å². The van der Waals surface area contributed by atoms with Gasteiger partial charge in [0.25, 0.3) is 11.8 Å². The number of hydrogen-bond donors (Lipinski definition) is 2. The van der Waals surface area contributed by atoms with Crippen LogP contribution in [0.25, 0.3) is 0 Å². The lowest BCUT2D eigenvalue weighted by atomic mass is 10.1. The van der Waals surface area contributed by atoms with Crippen molar-refractivity contribution in [2.24, 2.45) is 0 Å². The van der Waals surface area contributed by atoms with Crippen LogP contribution in [0, 0.1) is 0 Å². The van der Waals surface area contributed by atoms with Gasteiger partial charge >= 0.3 is 18.2 Å². The zero-order chi connectivity index (χ0) is 26.6. The van der Waals surface area contributed by atoms with Crippen molar-refractivity contribution < 1.29 is 38.3 Å². The predicted octanol–water partition coefficient (Wildman–Crippen LogP) is 3.12. The van der Waals surface area contributed by atoms with Gasteiger partial charge in [-0.1, -0.05) is 50.0 Å². The van der Waals surface area contributed by atoms with E-state index in [1.54, 1.807) is 0 Å². The first kappa shape index (κ1) is 28.8. The molecule has 1 atom stereocenters. The summed E-state index contributed by atoms with van der Waals surface area (Å²) in [5, 5.41) is 5.53. The van der Waals surface area contributed by atoms with Crippen LogP contribution in [0.15, 0.2) is 30.3 Å². The van der Waals surface area contributed by atoms with Gasteiger partial charge in [0.15, 0.2) is 0 Å². The third-order valence-electron chi connectivity index (χ3n) is 5.25. The molecule has 1 fully saturated rings. The molecule has 1 saturated heterocycles. The van der Waals surface area contributed by atoms with E-state index >= 15 is 0 Å². The summed E-state index contributed by atoms with van der Waals surface area (Å²) in [6, 6.07) is 8.90. The highest BCUT2D eigenvalue weighted by atomic mass is 28.3. The summed E-state index contributed by atoms with van der Waals surface area (Å²) < 4.78 is 10.3. The topological polar surface area (TPSA) is 140 Å². The molecule has 1 aliphatic rings. The number of alkyl carbamates (subject to hydrolysis) is 2. The fraction of sp³-hybridized carbons (Fsp3) is 0.542. The molecule has 0 spiro atoms. The van der Waals surface area contributed by atoms with Crippen LogP contribution in [0.2, 0.25) is 25.7 Å². The Balaban J connectivity index is 1.79. The molecular formula is C24H35N3O8Si. The highest BCUT2D eigenvalue weighted by Gasteiger charge is 2.35. The van der Waals surface area contributed by atoms with Crippen LogP contribution >= 0.6 is 0 Å². The average molecular weight is 522 g/mol. The molecule has 0 radical (unpaired) electrons. The summed E-state index contributed by atoms with van der Waals surface area (Å²) in [7, 11) is -1.41. The van der Waals surface area contributed by atoms with E-state index < -0.39 is 44.1 Å². The lowest BCUT2D eigenvalue weighted by Gasteiger charge is -2.21. The van der Waals surface area contributed by atoms with E-state index in [9.17, 15) is 24.0 Å². The summed E-state index contributed by atoms with van der Waals surface area (Å²) in [5.41, 5.74) is 0.867. The van der Waals surface area contributed by atoms with Gasteiger partial charge in [0.2, 0.25) is 0 Å². The van der Waals surface area contributed by atoms with Crippen molar-refractivity contribution in [3.05, 3.63) is 35.9 Å². The van der Waals surface area contributed by atoms with Crippen molar-refractivity contribution in [3.63, 3.8) is 0 Å². The fourth-order valence-electron chi connectivity index (χ4n) is 3.13. The van der Waals surface area contributed by atoms with Crippen molar-refractivity contribution in [2.45, 2.75) is 70.4 Å². The Hall–Kier alpha value is -3.41. The van der Waals surface area contributed by atoms with Crippen LogP contribution in [-0.2, 0) is 35.3 Å². The molecule has 1 aromatic carbocycles. The molecule has 0 aromatic heterocycles. The molecule has 2 N–H and O–H groups in total. The molecule has 0 aliphatic carbocycles. The molecule has 0 bridgehead atoms. The van der Waals surface area contributed by atoms with E-state index in [1.807, 2.05) is 30.3 Å². The average Bonchev–Trinajstić information content (AvgIpc) is 3.13. The van der Waals surface area contributed by atoms with E-state index in [0.717, 1.165) is 11.6 Å². The number of carbonyl (C=O) groups excluding carboxylic acids is 5. The number of hydrogen-bond acceptors (Lipinski definition) is 8. The number of ether oxygens (including phenoxy) is 2. The zero-order valence-corrected chi connectivity index (χ0v) is 22.0. The third kappa shape index (κ3) is 10.9. The minimum Gasteiger partial charge on any atom is -0.450 e. The van der Waals surface area contributed by atoms with Crippen molar-refractivity contribution >= 4 is 38.0 Å². The Morgan fingerprint density at radius 2 is 1.64 bits per heavy atom. The molecular weight excluding hydrogens is 486 g/mol. The van der Waals surface area contributed by atoms with Gasteiger partial charge in [-0.3, -0.25) is 9.59 Å². The first-order valence-electron chi connectivity index (χ1n) is 12.0. The summed E-state index contributed by atoms with van der Waals surface area (Å²) in [5.74, 6) is -2.15. The first-order chi connectivity index (χ1) is 17.0. The van der Waals surface area contributed by atoms with Crippen molar-refractivity contribution in [1.29, 1.82) is 0 Å². The molecule has 11 nitrogen and oxygen atoms in total. The normalized spacial score (nSPS) is 14.2. The zero-order valence-electron chi connectivity index (χ0n) is 21.0. The van der Waals surface area contributed by atoms with Gasteiger partial charge in [-0.15, -0.1) is 5.06 Å². The van der Waals surface area contributed by atoms with Crippen molar-refractivity contribution in [3.8, 4) is 0 Å². The lowest BCUT2D eigenvalue weighted by molar-refractivity contribution is -0.199. The molecule has 36 heavy (non-hydrogen) atoms. The second-order valence-electron chi connectivity index (χ2n) is 9.62. The summed E-state index contributed by atoms with van der Waals surface area (Å²) in [6.45, 7) is 7.09. The number of carbonyl (C=O) groups is 5. The van der Waals surface area contributed by atoms with Gasteiger partial charge < -0.3 is 24.9 Å². The number of imide groups is 1. The summed E-state index contributed by atoms with van der Waals surface area (Å²) in [4.78, 5) is 65.2. The van der Waals surface area contributed by atoms with Crippen LogP contribution < -0.4 is 10.6 Å². The Labute approximate surface area is 211 Å². The summed E-state index contributed by atoms with van der Waals surface area (Å²) in [6.07, 6.45) is -0.349. The Kier molecular flexibility index (Phi) is 11.4. The van der Waals surface area contributed by atoms with Crippen molar-refractivity contribution in [2.75, 3.05) is 13.2 Å². The van der Waals surface area contributed by atoms with Gasteiger partial charge in [-0.2, -0.15) is 0 Å². The van der Waals surface area contributed by atoms with Gasteiger partial charge in [-0.25, -0.2) is 14.4 Å². The molecule has 0 unspecified atom stereocenters. The second-order valence-corrected chi connectivity index (χ2v) is 15.2. The largest absolute Gasteiger partial charge is 0.450 e. The third-order valence-corrected chi connectivity index (χ3v) is 6.95. The number of nitrogens with one attached hydrogen (secondary N) is 2. The minimum atomic E-state index is -1.41. The van der Waals surface area contributed by atoms with Gasteiger partial charge in [-0.05, 0) is 30.9 Å². The van der Waals surface area contributed by atoms with Crippen LogP contribution in [0.5, 0.6) is 0 Å². The first-order valence-corrected chi connectivity index (χ1v) is 15.7. The molecule has 0 saturated carbocycles. The Morgan fingerprint density at radius 3 is 2.28 bits per heavy atom. The number of unbranched alkanes of at least 4 members (excludes halogenated alkanes) is 1. The van der Waals surface area contributed by atoms with Gasteiger partial charge in [0.1, 0.15) is 12.6 Å². The molecule has 1 heterocycles. The van der Waals surface area contributed by atoms with E-state index in [2.05, 4.69) is 30.3 Å². The number of nitrogens with zero attached hydrogens (tertiary/aromatic N) is 1. The van der Waals surface area contributed by atoms with Gasteiger partial charge in [0.05, 0.1) is 6.61 Å². The molecule has 1 aromatic rings. The maximum absolute atomic E-state index is 12.6. The van der Waals surface area contributed by atoms with Crippen LogP contribution in [0.4, 0.5) is 9.59 Å². The Morgan fingerprint density at radius 1 is 0.972 bits per heavy atom. The smallest absolute Gasteiger partial charge is 0.407 e. The quantitative estimate of drug-likeness (QED) is 0.229. The highest BCUT2D eigenvalue weighted by Crippen LogP contribution is 2.14. The minimum absolute atomic E-state index is 0.0328. The van der Waals surface area contributed by atoms with E-state index in [-0.39, 0.29) is 32.5 Å². The summed E-state index contributed by atoms with van der Waals surface area (Å²) >= 11 is 0. The van der Waals surface area contributed by atoms with Crippen LogP contribution in [0.3, 0.4) is 0 Å². The maximum Gasteiger partial charge on any atom is 0.407 e. The van der Waals surface area contributed by atoms with Gasteiger partial charge in [0, 0.05) is 27.5 Å². The molecule has 4 amide bonds.